The van der Waals surface area contributed by atoms with Gasteiger partial charge in [0.1, 0.15) is 5.03 Å². The quantitative estimate of drug-likeness (QED) is 0.389. The molecule has 1 heterocycles. The molecule has 0 saturated carbocycles. The Hall–Kier alpha value is -2.87. The third kappa shape index (κ3) is 6.38. The Kier molecular flexibility index (Phi) is 8.48. The Bertz CT molecular complexity index is 824. The number of thioether (sulfide) groups is 1. The van der Waals surface area contributed by atoms with E-state index in [-0.39, 0.29) is 0 Å². The molecule has 0 aliphatic carbocycles. The highest BCUT2D eigenvalue weighted by Gasteiger charge is 2.15. The van der Waals surface area contributed by atoms with Crippen LogP contribution in [0, 0.1) is 0 Å². The third-order valence-corrected chi connectivity index (χ3v) is 4.37. The lowest BCUT2D eigenvalue weighted by atomic mass is 10.2. The summed E-state index contributed by atoms with van der Waals surface area (Å²) in [5, 5.41) is 3.14. The number of esters is 2. The molecule has 8 heteroatoms. The number of hydrogen-bond donors (Lipinski definition) is 1. The van der Waals surface area contributed by atoms with Crippen LogP contribution in [0.25, 0.3) is 0 Å². The first-order chi connectivity index (χ1) is 13.5. The lowest BCUT2D eigenvalue weighted by Crippen LogP contribution is -2.21. The molecule has 0 radical (unpaired) electrons. The van der Waals surface area contributed by atoms with Gasteiger partial charge in [0.15, 0.2) is 6.61 Å². The summed E-state index contributed by atoms with van der Waals surface area (Å²) in [6.07, 6.45) is 5.14. The van der Waals surface area contributed by atoms with Gasteiger partial charge >= 0.3 is 11.9 Å². The van der Waals surface area contributed by atoms with Gasteiger partial charge in [-0.15, -0.1) is 11.8 Å². The van der Waals surface area contributed by atoms with Crippen molar-refractivity contribution in [2.24, 2.45) is 0 Å². The van der Waals surface area contributed by atoms with Gasteiger partial charge in [0, 0.05) is 11.9 Å². The van der Waals surface area contributed by atoms with Crippen LogP contribution < -0.4 is 5.32 Å². The summed E-state index contributed by atoms with van der Waals surface area (Å²) in [5.41, 5.74) is 1.20. The number of amides is 1. The maximum atomic E-state index is 12.1. The van der Waals surface area contributed by atoms with Crippen LogP contribution in [0.2, 0.25) is 0 Å². The van der Waals surface area contributed by atoms with Gasteiger partial charge in [-0.05, 0) is 49.1 Å². The molecule has 1 amide bonds. The van der Waals surface area contributed by atoms with E-state index in [0.29, 0.717) is 28.4 Å². The number of aromatic nitrogens is 1. The molecular formula is C20H22N2O5S. The lowest BCUT2D eigenvalue weighted by Gasteiger charge is -2.09. The zero-order valence-electron chi connectivity index (χ0n) is 15.8. The number of pyridine rings is 1. The molecule has 1 aromatic heterocycles. The van der Waals surface area contributed by atoms with Gasteiger partial charge in [-0.25, -0.2) is 14.6 Å². The number of carbonyl (C=O) groups is 3. The normalized spacial score (nSPS) is 10.2. The number of unbranched alkanes of at least 4 members (excludes halogenated alkanes) is 1. The van der Waals surface area contributed by atoms with Gasteiger partial charge in [0.25, 0.3) is 5.91 Å². The highest BCUT2D eigenvalue weighted by molar-refractivity contribution is 7.98. The fraction of sp³-hybridized carbons (Fsp3) is 0.300. The van der Waals surface area contributed by atoms with E-state index in [2.05, 4.69) is 10.3 Å². The van der Waals surface area contributed by atoms with Crippen molar-refractivity contribution < 1.29 is 23.9 Å². The van der Waals surface area contributed by atoms with E-state index < -0.39 is 24.5 Å². The summed E-state index contributed by atoms with van der Waals surface area (Å²) in [6.45, 7) is 1.97. The van der Waals surface area contributed by atoms with Crippen LogP contribution in [0.5, 0.6) is 0 Å². The largest absolute Gasteiger partial charge is 0.462 e. The van der Waals surface area contributed by atoms with E-state index in [9.17, 15) is 14.4 Å². The van der Waals surface area contributed by atoms with Crippen LogP contribution in [0.1, 0.15) is 40.5 Å². The minimum atomic E-state index is -0.613. The molecule has 0 aliphatic heterocycles. The van der Waals surface area contributed by atoms with E-state index in [1.54, 1.807) is 48.9 Å². The minimum absolute atomic E-state index is 0.314. The van der Waals surface area contributed by atoms with Gasteiger partial charge in [-0.3, -0.25) is 4.79 Å². The maximum absolute atomic E-state index is 12.1. The predicted octanol–water partition coefficient (Wildman–Crippen LogP) is 3.56. The SMILES string of the molecule is CCCCOC(=O)c1ccc(NC(=O)COC(=O)c2cccnc2SC)cc1. The molecule has 0 unspecified atom stereocenters. The first-order valence-corrected chi connectivity index (χ1v) is 10.0. The molecule has 0 fully saturated rings. The Labute approximate surface area is 167 Å². The van der Waals surface area contributed by atoms with Crippen LogP contribution >= 0.6 is 11.8 Å². The lowest BCUT2D eigenvalue weighted by molar-refractivity contribution is -0.119. The standard InChI is InChI=1S/C20H22N2O5S/c1-3-4-12-26-19(24)14-7-9-15(10-8-14)22-17(23)13-27-20(25)16-6-5-11-21-18(16)28-2/h5-11H,3-4,12-13H2,1-2H3,(H,22,23). The molecule has 2 rings (SSSR count). The highest BCUT2D eigenvalue weighted by atomic mass is 32.2. The highest BCUT2D eigenvalue weighted by Crippen LogP contribution is 2.17. The second kappa shape index (κ2) is 11.1. The van der Waals surface area contributed by atoms with Gasteiger partial charge in [0.05, 0.1) is 17.7 Å². The maximum Gasteiger partial charge on any atom is 0.341 e. The topological polar surface area (TPSA) is 94.6 Å². The van der Waals surface area contributed by atoms with Gasteiger partial charge in [0.2, 0.25) is 0 Å². The van der Waals surface area contributed by atoms with E-state index in [0.717, 1.165) is 12.8 Å². The number of nitrogens with zero attached hydrogens (tertiary/aromatic N) is 1. The predicted molar refractivity (Wildman–Crippen MR) is 107 cm³/mol. The average molecular weight is 402 g/mol. The Morgan fingerprint density at radius 3 is 2.50 bits per heavy atom. The van der Waals surface area contributed by atoms with Gasteiger partial charge in [-0.2, -0.15) is 0 Å². The number of benzene rings is 1. The van der Waals surface area contributed by atoms with Crippen molar-refractivity contribution in [3.8, 4) is 0 Å². The van der Waals surface area contributed by atoms with Crippen LogP contribution in [0.3, 0.4) is 0 Å². The smallest absolute Gasteiger partial charge is 0.341 e. The molecule has 1 aromatic carbocycles. The van der Waals surface area contributed by atoms with Crippen molar-refractivity contribution in [1.29, 1.82) is 0 Å². The summed E-state index contributed by atoms with van der Waals surface area (Å²) in [5.74, 6) is -1.50. The summed E-state index contributed by atoms with van der Waals surface area (Å²) in [4.78, 5) is 40.0. The van der Waals surface area contributed by atoms with Crippen LogP contribution in [-0.2, 0) is 14.3 Å². The molecule has 0 atom stereocenters. The number of ether oxygens (including phenoxy) is 2. The van der Waals surface area contributed by atoms with E-state index >= 15 is 0 Å². The van der Waals surface area contributed by atoms with E-state index in [4.69, 9.17) is 9.47 Å². The molecular weight excluding hydrogens is 380 g/mol. The summed E-state index contributed by atoms with van der Waals surface area (Å²) >= 11 is 1.32. The van der Waals surface area contributed by atoms with Crippen molar-refractivity contribution in [2.45, 2.75) is 24.8 Å². The van der Waals surface area contributed by atoms with Crippen molar-refractivity contribution in [2.75, 3.05) is 24.8 Å². The first kappa shape index (κ1) is 21.4. The van der Waals surface area contributed by atoms with Crippen molar-refractivity contribution in [3.63, 3.8) is 0 Å². The zero-order chi connectivity index (χ0) is 20.4. The molecule has 148 valence electrons. The molecule has 0 saturated heterocycles. The number of anilines is 1. The summed E-state index contributed by atoms with van der Waals surface area (Å²) < 4.78 is 10.2. The van der Waals surface area contributed by atoms with Crippen molar-refractivity contribution >= 4 is 35.3 Å². The van der Waals surface area contributed by atoms with E-state index in [1.165, 1.54) is 11.8 Å². The fourth-order valence-corrected chi connectivity index (χ4v) is 2.73. The average Bonchev–Trinajstić information content (AvgIpc) is 2.72. The Morgan fingerprint density at radius 1 is 1.07 bits per heavy atom. The molecule has 2 aromatic rings. The third-order valence-electron chi connectivity index (χ3n) is 3.65. The molecule has 28 heavy (non-hydrogen) atoms. The van der Waals surface area contributed by atoms with E-state index in [1.807, 2.05) is 6.92 Å². The number of rotatable bonds is 9. The number of hydrogen-bond acceptors (Lipinski definition) is 7. The Morgan fingerprint density at radius 2 is 1.82 bits per heavy atom. The molecule has 1 N–H and O–H groups in total. The zero-order valence-corrected chi connectivity index (χ0v) is 16.6. The van der Waals surface area contributed by atoms with Crippen LogP contribution in [-0.4, -0.2) is 42.3 Å². The first-order valence-electron chi connectivity index (χ1n) is 8.78. The molecule has 0 bridgehead atoms. The summed E-state index contributed by atoms with van der Waals surface area (Å²) in [6, 6.07) is 9.53. The second-order valence-corrected chi connectivity index (χ2v) is 6.55. The second-order valence-electron chi connectivity index (χ2n) is 5.75. The fourth-order valence-electron chi connectivity index (χ4n) is 2.20. The number of nitrogens with one attached hydrogen (secondary N) is 1. The van der Waals surface area contributed by atoms with Crippen LogP contribution in [0.15, 0.2) is 47.6 Å². The monoisotopic (exact) mass is 402 g/mol. The molecule has 0 spiro atoms. The molecule has 0 aliphatic rings. The minimum Gasteiger partial charge on any atom is -0.462 e. The van der Waals surface area contributed by atoms with Crippen molar-refractivity contribution in [3.05, 3.63) is 53.7 Å². The van der Waals surface area contributed by atoms with Crippen LogP contribution in [0.4, 0.5) is 5.69 Å². The molecule has 7 nitrogen and oxygen atoms in total. The summed E-state index contributed by atoms with van der Waals surface area (Å²) in [7, 11) is 0. The Balaban J connectivity index is 1.84. The number of carbonyl (C=O) groups excluding carboxylic acids is 3. The van der Waals surface area contributed by atoms with Gasteiger partial charge < -0.3 is 14.8 Å². The van der Waals surface area contributed by atoms with Crippen molar-refractivity contribution in [1.82, 2.24) is 4.98 Å². The van der Waals surface area contributed by atoms with Gasteiger partial charge in [-0.1, -0.05) is 13.3 Å².